The van der Waals surface area contributed by atoms with Crippen molar-refractivity contribution in [3.8, 4) is 0 Å². The summed E-state index contributed by atoms with van der Waals surface area (Å²) in [7, 11) is 4.17. The third-order valence-corrected chi connectivity index (χ3v) is 2.76. The molecule has 18 heavy (non-hydrogen) atoms. The van der Waals surface area contributed by atoms with Gasteiger partial charge in [-0.25, -0.2) is 0 Å². The number of likely N-dealkylation sites (N-methyl/N-ethyl adjacent to an activating group) is 1. The minimum Gasteiger partial charge on any atom is -0.384 e. The lowest BCUT2D eigenvalue weighted by Gasteiger charge is -2.11. The SMILES string of the molecule is C/C=C\C(=C/C)c1ccc(NCCN(C)C)cc1. The summed E-state index contributed by atoms with van der Waals surface area (Å²) < 4.78 is 0. The highest BCUT2D eigenvalue weighted by Crippen LogP contribution is 2.18. The minimum atomic E-state index is 0.970. The van der Waals surface area contributed by atoms with E-state index in [9.17, 15) is 0 Å². The predicted molar refractivity (Wildman–Crippen MR) is 82.0 cm³/mol. The van der Waals surface area contributed by atoms with E-state index < -0.39 is 0 Å². The predicted octanol–water partition coefficient (Wildman–Crippen LogP) is 3.64. The monoisotopic (exact) mass is 244 g/mol. The molecule has 0 saturated carbocycles. The van der Waals surface area contributed by atoms with E-state index in [0.717, 1.165) is 13.1 Å². The molecule has 0 spiro atoms. The molecule has 1 aromatic rings. The van der Waals surface area contributed by atoms with Gasteiger partial charge < -0.3 is 10.2 Å². The van der Waals surface area contributed by atoms with Crippen LogP contribution in [0.1, 0.15) is 19.4 Å². The van der Waals surface area contributed by atoms with Gasteiger partial charge in [0.1, 0.15) is 0 Å². The number of rotatable bonds is 6. The number of benzene rings is 1. The van der Waals surface area contributed by atoms with Gasteiger partial charge in [-0.05, 0) is 51.2 Å². The van der Waals surface area contributed by atoms with Gasteiger partial charge in [0.2, 0.25) is 0 Å². The van der Waals surface area contributed by atoms with Crippen molar-refractivity contribution in [3.05, 3.63) is 48.1 Å². The van der Waals surface area contributed by atoms with Crippen LogP contribution >= 0.6 is 0 Å². The van der Waals surface area contributed by atoms with Crippen molar-refractivity contribution in [1.82, 2.24) is 4.90 Å². The molecule has 98 valence electrons. The fraction of sp³-hybridized carbons (Fsp3) is 0.375. The molecule has 1 rings (SSSR count). The lowest BCUT2D eigenvalue weighted by Crippen LogP contribution is -2.20. The molecule has 0 aromatic heterocycles. The van der Waals surface area contributed by atoms with Gasteiger partial charge in [-0.1, -0.05) is 30.4 Å². The molecule has 0 amide bonds. The van der Waals surface area contributed by atoms with Crippen LogP contribution in [0.5, 0.6) is 0 Å². The van der Waals surface area contributed by atoms with Crippen LogP contribution in [0.3, 0.4) is 0 Å². The van der Waals surface area contributed by atoms with E-state index in [1.165, 1.54) is 16.8 Å². The fourth-order valence-corrected chi connectivity index (χ4v) is 1.74. The van der Waals surface area contributed by atoms with Crippen LogP contribution in [-0.4, -0.2) is 32.1 Å². The van der Waals surface area contributed by atoms with E-state index >= 15 is 0 Å². The largest absolute Gasteiger partial charge is 0.384 e. The van der Waals surface area contributed by atoms with Gasteiger partial charge in [-0.3, -0.25) is 0 Å². The Hall–Kier alpha value is -1.54. The molecule has 0 aliphatic carbocycles. The summed E-state index contributed by atoms with van der Waals surface area (Å²) >= 11 is 0. The summed E-state index contributed by atoms with van der Waals surface area (Å²) in [6, 6.07) is 8.59. The number of hydrogen-bond acceptors (Lipinski definition) is 2. The summed E-state index contributed by atoms with van der Waals surface area (Å²) in [5, 5.41) is 3.41. The second-order valence-electron chi connectivity index (χ2n) is 4.55. The maximum absolute atomic E-state index is 3.41. The zero-order chi connectivity index (χ0) is 13.4. The van der Waals surface area contributed by atoms with E-state index in [2.05, 4.69) is 73.7 Å². The second-order valence-corrected chi connectivity index (χ2v) is 4.55. The van der Waals surface area contributed by atoms with E-state index in [1.54, 1.807) is 0 Å². The van der Waals surface area contributed by atoms with Gasteiger partial charge in [-0.15, -0.1) is 0 Å². The Morgan fingerprint density at radius 2 is 1.83 bits per heavy atom. The van der Waals surface area contributed by atoms with Crippen molar-refractivity contribution >= 4 is 11.3 Å². The Labute approximate surface area is 111 Å². The number of nitrogens with one attached hydrogen (secondary N) is 1. The highest BCUT2D eigenvalue weighted by Gasteiger charge is 1.97. The van der Waals surface area contributed by atoms with Gasteiger partial charge in [0.05, 0.1) is 0 Å². The number of anilines is 1. The average molecular weight is 244 g/mol. The lowest BCUT2D eigenvalue weighted by atomic mass is 10.0. The lowest BCUT2D eigenvalue weighted by molar-refractivity contribution is 0.425. The van der Waals surface area contributed by atoms with Gasteiger partial charge >= 0.3 is 0 Å². The molecule has 0 aliphatic rings. The molecule has 0 heterocycles. The maximum atomic E-state index is 3.41. The zero-order valence-corrected chi connectivity index (χ0v) is 11.9. The second kappa shape index (κ2) is 7.72. The van der Waals surface area contributed by atoms with Crippen molar-refractivity contribution < 1.29 is 0 Å². The van der Waals surface area contributed by atoms with Crippen molar-refractivity contribution in [1.29, 1.82) is 0 Å². The summed E-state index contributed by atoms with van der Waals surface area (Å²) in [6.07, 6.45) is 6.33. The van der Waals surface area contributed by atoms with Crippen LogP contribution in [0, 0.1) is 0 Å². The quantitative estimate of drug-likeness (QED) is 0.769. The first-order valence-electron chi connectivity index (χ1n) is 6.45. The molecule has 0 aliphatic heterocycles. The highest BCUT2D eigenvalue weighted by molar-refractivity contribution is 5.74. The highest BCUT2D eigenvalue weighted by atomic mass is 15.1. The number of allylic oxidation sites excluding steroid dienone is 4. The normalized spacial score (nSPS) is 12.4. The Kier molecular flexibility index (Phi) is 6.23. The van der Waals surface area contributed by atoms with Gasteiger partial charge in [0.15, 0.2) is 0 Å². The summed E-state index contributed by atoms with van der Waals surface area (Å²) in [5.41, 5.74) is 3.70. The molecule has 1 aromatic carbocycles. The third-order valence-electron chi connectivity index (χ3n) is 2.76. The van der Waals surface area contributed by atoms with E-state index in [-0.39, 0.29) is 0 Å². The summed E-state index contributed by atoms with van der Waals surface area (Å²) in [4.78, 5) is 2.17. The minimum absolute atomic E-state index is 0.970. The Morgan fingerprint density at radius 1 is 1.17 bits per heavy atom. The number of hydrogen-bond donors (Lipinski definition) is 1. The first kappa shape index (κ1) is 14.5. The van der Waals surface area contributed by atoms with E-state index in [0.29, 0.717) is 0 Å². The topological polar surface area (TPSA) is 15.3 Å². The maximum Gasteiger partial charge on any atom is 0.0341 e. The Balaban J connectivity index is 2.62. The Bertz CT molecular complexity index is 400. The van der Waals surface area contributed by atoms with Crippen LogP contribution in [0.4, 0.5) is 5.69 Å². The molecule has 0 bridgehead atoms. The van der Waals surface area contributed by atoms with Crippen LogP contribution in [0.25, 0.3) is 5.57 Å². The van der Waals surface area contributed by atoms with Crippen molar-refractivity contribution in [2.75, 3.05) is 32.5 Å². The van der Waals surface area contributed by atoms with Crippen LogP contribution in [-0.2, 0) is 0 Å². The van der Waals surface area contributed by atoms with E-state index in [1.807, 2.05) is 6.92 Å². The third kappa shape index (κ3) is 4.76. The molecule has 1 N–H and O–H groups in total. The first-order valence-corrected chi connectivity index (χ1v) is 6.45. The Morgan fingerprint density at radius 3 is 2.33 bits per heavy atom. The van der Waals surface area contributed by atoms with Crippen LogP contribution in [0.15, 0.2) is 42.5 Å². The smallest absolute Gasteiger partial charge is 0.0341 e. The molecule has 0 saturated heterocycles. The first-order chi connectivity index (χ1) is 8.67. The van der Waals surface area contributed by atoms with Gasteiger partial charge in [0, 0.05) is 18.8 Å². The molecule has 2 nitrogen and oxygen atoms in total. The van der Waals surface area contributed by atoms with Crippen LogP contribution < -0.4 is 5.32 Å². The zero-order valence-electron chi connectivity index (χ0n) is 11.9. The average Bonchev–Trinajstić information content (AvgIpc) is 2.36. The van der Waals surface area contributed by atoms with E-state index in [4.69, 9.17) is 0 Å². The van der Waals surface area contributed by atoms with Gasteiger partial charge in [0.25, 0.3) is 0 Å². The molecule has 2 heteroatoms. The molecular weight excluding hydrogens is 220 g/mol. The van der Waals surface area contributed by atoms with Crippen molar-refractivity contribution in [3.63, 3.8) is 0 Å². The van der Waals surface area contributed by atoms with Crippen molar-refractivity contribution in [2.45, 2.75) is 13.8 Å². The van der Waals surface area contributed by atoms with Crippen LogP contribution in [0.2, 0.25) is 0 Å². The standard InChI is InChI=1S/C16H24N2/c1-5-7-14(6-2)15-8-10-16(11-9-15)17-12-13-18(3)4/h5-11,17H,12-13H2,1-4H3/b7-5-,14-6+. The summed E-state index contributed by atoms with van der Waals surface area (Å²) in [5.74, 6) is 0. The molecular formula is C16H24N2. The van der Waals surface area contributed by atoms with Gasteiger partial charge in [-0.2, -0.15) is 0 Å². The fourth-order valence-electron chi connectivity index (χ4n) is 1.74. The molecule has 0 radical (unpaired) electrons. The molecule has 0 atom stereocenters. The molecule has 0 fully saturated rings. The van der Waals surface area contributed by atoms with Crippen molar-refractivity contribution in [2.24, 2.45) is 0 Å². The molecule has 0 unspecified atom stereocenters. The number of nitrogens with zero attached hydrogens (tertiary/aromatic N) is 1. The summed E-state index contributed by atoms with van der Waals surface area (Å²) in [6.45, 7) is 6.12.